The van der Waals surface area contributed by atoms with Crippen LogP contribution in [0.4, 0.5) is 16.2 Å². The third-order valence-corrected chi connectivity index (χ3v) is 8.44. The number of aliphatic hydroxyl groups excluding tert-OH is 1. The summed E-state index contributed by atoms with van der Waals surface area (Å²) in [6.07, 6.45) is -2.74. The zero-order valence-corrected chi connectivity index (χ0v) is 23.0. The van der Waals surface area contributed by atoms with Gasteiger partial charge >= 0.3 is 13.5 Å². The van der Waals surface area contributed by atoms with E-state index in [1.54, 1.807) is 30.3 Å². The van der Waals surface area contributed by atoms with Crippen LogP contribution in [0, 0.1) is 0 Å². The molecule has 0 radical (unpaired) electrons. The Bertz CT molecular complexity index is 1360. The number of para-hydroxylation sites is 1. The van der Waals surface area contributed by atoms with E-state index >= 15 is 4.39 Å². The summed E-state index contributed by atoms with van der Waals surface area (Å²) in [5.41, 5.74) is 4.08. The van der Waals surface area contributed by atoms with Gasteiger partial charge in [0.1, 0.15) is 24.0 Å². The van der Waals surface area contributed by atoms with E-state index in [-0.39, 0.29) is 17.3 Å². The lowest BCUT2D eigenvalue weighted by molar-refractivity contribution is -0.142. The Morgan fingerprint density at radius 1 is 1.36 bits per heavy atom. The van der Waals surface area contributed by atoms with Gasteiger partial charge in [0.05, 0.1) is 19.6 Å². The molecule has 0 spiro atoms. The topological polar surface area (TPSA) is 176 Å². The van der Waals surface area contributed by atoms with Crippen molar-refractivity contribution in [3.05, 3.63) is 36.7 Å². The summed E-state index contributed by atoms with van der Waals surface area (Å²) in [4.78, 5) is 24.8. The number of imidazole rings is 1. The summed E-state index contributed by atoms with van der Waals surface area (Å²) in [6.45, 7) is 5.21. The number of aromatic nitrogens is 4. The number of nitrogens with one attached hydrogen (secondary N) is 2. The van der Waals surface area contributed by atoms with E-state index in [1.165, 1.54) is 31.9 Å². The van der Waals surface area contributed by atoms with Crippen LogP contribution >= 0.6 is 7.52 Å². The molecule has 1 aliphatic heterocycles. The van der Waals surface area contributed by atoms with Crippen LogP contribution in [0.15, 0.2) is 36.7 Å². The van der Waals surface area contributed by atoms with Crippen LogP contribution < -0.4 is 20.7 Å². The quantitative estimate of drug-likeness (QED) is 0.198. The first-order valence-corrected chi connectivity index (χ1v) is 14.3. The fourth-order valence-electron chi connectivity index (χ4n) is 4.36. The molecule has 1 unspecified atom stereocenters. The molecule has 1 fully saturated rings. The third kappa shape index (κ3) is 5.98. The molecular weight excluding hydrogens is 532 g/mol. The Kier molecular flexibility index (Phi) is 8.40. The van der Waals surface area contributed by atoms with Crippen LogP contribution in [-0.2, 0) is 18.8 Å². The lowest BCUT2D eigenvalue weighted by Crippen LogP contribution is -2.42. The molecule has 5 N–H and O–H groups in total. The van der Waals surface area contributed by atoms with Crippen LogP contribution in [0.3, 0.4) is 0 Å². The van der Waals surface area contributed by atoms with E-state index in [9.17, 15) is 14.5 Å². The van der Waals surface area contributed by atoms with Gasteiger partial charge < -0.3 is 30.2 Å². The van der Waals surface area contributed by atoms with Crippen molar-refractivity contribution >= 4 is 36.4 Å². The number of ether oxygens (including phenoxy) is 2. The van der Waals surface area contributed by atoms with E-state index in [2.05, 4.69) is 25.4 Å². The average molecular weight is 566 g/mol. The monoisotopic (exact) mass is 565 g/mol. The molecule has 3 heterocycles. The normalized spacial score (nSPS) is 25.2. The van der Waals surface area contributed by atoms with Crippen molar-refractivity contribution in [1.29, 1.82) is 0 Å². The fourth-order valence-corrected chi connectivity index (χ4v) is 6.51. The lowest BCUT2D eigenvalue weighted by Gasteiger charge is -2.27. The van der Waals surface area contributed by atoms with Crippen molar-refractivity contribution < 1.29 is 32.9 Å². The maximum atomic E-state index is 16.1. The molecule has 2 aromatic heterocycles. The predicted octanol–water partition coefficient (Wildman–Crippen LogP) is 2.64. The Labute approximate surface area is 224 Å². The molecule has 212 valence electrons. The molecule has 3 aromatic rings. The number of rotatable bonds is 11. The molecular formula is C24H33FN7O6P. The van der Waals surface area contributed by atoms with E-state index in [4.69, 9.17) is 19.7 Å². The van der Waals surface area contributed by atoms with Gasteiger partial charge in [0, 0.05) is 6.54 Å². The third-order valence-electron chi connectivity index (χ3n) is 6.31. The SMILES string of the molecule is CCCNc1nc(N)nc2c1ncn2[C@@H]1O[C@H](CP(=O)(N[C@@H](C)C(=O)OC)Oc2ccccc2)[C@@H](O)[C@@]1(C)F. The smallest absolute Gasteiger partial charge is 0.323 e. The number of benzene rings is 1. The Hall–Kier alpha value is -3.32. The van der Waals surface area contributed by atoms with Gasteiger partial charge in [-0.05, 0) is 32.4 Å². The van der Waals surface area contributed by atoms with Crippen LogP contribution in [-0.4, -0.2) is 74.3 Å². The zero-order valence-electron chi connectivity index (χ0n) is 22.1. The summed E-state index contributed by atoms with van der Waals surface area (Å²) < 4.78 is 47.9. The number of halogens is 1. The number of fused-ring (bicyclic) bond motifs is 1. The molecule has 39 heavy (non-hydrogen) atoms. The molecule has 0 saturated carbocycles. The molecule has 0 amide bonds. The number of esters is 1. The number of carbonyl (C=O) groups excluding carboxylic acids is 1. The van der Waals surface area contributed by atoms with Gasteiger partial charge in [-0.15, -0.1) is 0 Å². The second kappa shape index (κ2) is 11.4. The molecule has 0 bridgehead atoms. The average Bonchev–Trinajstić information content (AvgIpc) is 3.40. The number of hydrogen-bond donors (Lipinski definition) is 4. The second-order valence-corrected chi connectivity index (χ2v) is 11.6. The van der Waals surface area contributed by atoms with Crippen molar-refractivity contribution in [3.8, 4) is 5.75 Å². The van der Waals surface area contributed by atoms with Gasteiger partial charge in [-0.1, -0.05) is 25.1 Å². The Morgan fingerprint density at radius 2 is 2.08 bits per heavy atom. The number of hydrogen-bond acceptors (Lipinski definition) is 11. The lowest BCUT2D eigenvalue weighted by atomic mass is 9.99. The van der Waals surface area contributed by atoms with Crippen LogP contribution in [0.25, 0.3) is 11.2 Å². The summed E-state index contributed by atoms with van der Waals surface area (Å²) >= 11 is 0. The van der Waals surface area contributed by atoms with Gasteiger partial charge in [-0.3, -0.25) is 13.9 Å². The van der Waals surface area contributed by atoms with E-state index in [0.717, 1.165) is 6.42 Å². The summed E-state index contributed by atoms with van der Waals surface area (Å²) in [5, 5.41) is 16.8. The maximum absolute atomic E-state index is 16.1. The first kappa shape index (κ1) is 28.7. The van der Waals surface area contributed by atoms with Crippen molar-refractivity contribution in [2.45, 2.75) is 57.3 Å². The van der Waals surface area contributed by atoms with Crippen LogP contribution in [0.1, 0.15) is 33.4 Å². The largest absolute Gasteiger partial charge is 0.468 e. The summed E-state index contributed by atoms with van der Waals surface area (Å²) in [5.74, 6) is -0.101. The number of methoxy groups -OCH3 is 1. The number of carbonyl (C=O) groups is 1. The van der Waals surface area contributed by atoms with Crippen molar-refractivity contribution in [2.75, 3.05) is 30.9 Å². The Balaban J connectivity index is 1.65. The predicted molar refractivity (Wildman–Crippen MR) is 142 cm³/mol. The van der Waals surface area contributed by atoms with Crippen LogP contribution in [0.2, 0.25) is 0 Å². The van der Waals surface area contributed by atoms with Gasteiger partial charge in [0.15, 0.2) is 28.9 Å². The highest BCUT2D eigenvalue weighted by Crippen LogP contribution is 2.50. The van der Waals surface area contributed by atoms with Gasteiger partial charge in [0.2, 0.25) is 5.95 Å². The number of alkyl halides is 1. The van der Waals surface area contributed by atoms with Crippen molar-refractivity contribution in [2.24, 2.45) is 0 Å². The zero-order chi connectivity index (χ0) is 28.4. The van der Waals surface area contributed by atoms with Crippen molar-refractivity contribution in [3.63, 3.8) is 0 Å². The van der Waals surface area contributed by atoms with E-state index < -0.39 is 49.8 Å². The highest BCUT2D eigenvalue weighted by molar-refractivity contribution is 7.57. The molecule has 13 nitrogen and oxygen atoms in total. The minimum absolute atomic E-state index is 0.0553. The number of nitrogens with zero attached hydrogens (tertiary/aromatic N) is 4. The number of anilines is 2. The van der Waals surface area contributed by atoms with E-state index in [1.807, 2.05) is 6.92 Å². The highest BCUT2D eigenvalue weighted by atomic mass is 31.2. The number of aliphatic hydroxyl groups is 1. The first-order valence-electron chi connectivity index (χ1n) is 12.4. The molecule has 15 heteroatoms. The van der Waals surface area contributed by atoms with Gasteiger partial charge in [-0.2, -0.15) is 9.97 Å². The van der Waals surface area contributed by atoms with Crippen molar-refractivity contribution in [1.82, 2.24) is 24.6 Å². The second-order valence-electron chi connectivity index (χ2n) is 9.44. The minimum Gasteiger partial charge on any atom is -0.468 e. The van der Waals surface area contributed by atoms with E-state index in [0.29, 0.717) is 17.9 Å². The van der Waals surface area contributed by atoms with Gasteiger partial charge in [-0.25, -0.2) is 14.5 Å². The number of nitrogen functional groups attached to an aromatic ring is 1. The highest BCUT2D eigenvalue weighted by Gasteiger charge is 2.57. The summed E-state index contributed by atoms with van der Waals surface area (Å²) in [7, 11) is -2.77. The minimum atomic E-state index is -3.97. The standard InChI is InChI=1S/C24H33FN7O6P/c1-5-11-27-19-17-20(30-23(26)29-19)32(13-28-17)22-24(3,25)18(33)16(37-22)12-39(35,31-14(2)21(34)36-4)38-15-9-7-6-8-10-15/h6-10,13-14,16,18,22,33H,5,11-12H2,1-4H3,(H,31,35)(H3,26,27,29,30)/t14-,16+,18+,22+,24+,39?/m0/s1. The molecule has 6 atom stereocenters. The molecule has 1 saturated heterocycles. The number of nitrogens with two attached hydrogens (primary N) is 1. The Morgan fingerprint density at radius 3 is 2.74 bits per heavy atom. The fraction of sp³-hybridized carbons (Fsp3) is 0.500. The first-order chi connectivity index (χ1) is 18.5. The summed E-state index contributed by atoms with van der Waals surface area (Å²) in [6, 6.07) is 7.25. The maximum Gasteiger partial charge on any atom is 0.323 e. The molecule has 4 rings (SSSR count). The van der Waals surface area contributed by atoms with Gasteiger partial charge in [0.25, 0.3) is 0 Å². The molecule has 1 aromatic carbocycles. The molecule has 0 aliphatic carbocycles. The van der Waals surface area contributed by atoms with Crippen LogP contribution in [0.5, 0.6) is 5.75 Å². The molecule has 1 aliphatic rings.